The average Bonchev–Trinajstić information content (AvgIpc) is 2.90. The van der Waals surface area contributed by atoms with Crippen molar-refractivity contribution in [2.75, 3.05) is 18.6 Å². The van der Waals surface area contributed by atoms with Crippen molar-refractivity contribution < 1.29 is 19.2 Å². The van der Waals surface area contributed by atoms with Gasteiger partial charge in [-0.25, -0.2) is 9.69 Å². The molecule has 0 radical (unpaired) electrons. The van der Waals surface area contributed by atoms with Gasteiger partial charge in [0, 0.05) is 27.0 Å². The van der Waals surface area contributed by atoms with Gasteiger partial charge < -0.3 is 4.74 Å². The Morgan fingerprint density at radius 2 is 2.03 bits per heavy atom. The van der Waals surface area contributed by atoms with Crippen molar-refractivity contribution in [2.24, 2.45) is 11.8 Å². The third kappa shape index (κ3) is 5.35. The van der Waals surface area contributed by atoms with Crippen LogP contribution < -0.4 is 4.90 Å². The highest BCUT2D eigenvalue weighted by molar-refractivity contribution is 6.40. The number of amides is 2. The number of nitro groups is 1. The largest absolute Gasteiger partial charge is 0.452 e. The Morgan fingerprint density at radius 1 is 1.34 bits per heavy atom. The maximum Gasteiger partial charge on any atom is 0.421 e. The van der Waals surface area contributed by atoms with Gasteiger partial charge in [-0.3, -0.25) is 14.9 Å². The summed E-state index contributed by atoms with van der Waals surface area (Å²) in [5.41, 5.74) is 2.22. The van der Waals surface area contributed by atoms with Gasteiger partial charge in [0.15, 0.2) is 0 Å². The second-order valence-corrected chi connectivity index (χ2v) is 8.15. The van der Waals surface area contributed by atoms with Gasteiger partial charge >= 0.3 is 6.09 Å². The minimum atomic E-state index is -0.770. The number of nitrogens with zero attached hydrogens (tertiary/aromatic N) is 2. The first-order chi connectivity index (χ1) is 13.7. The van der Waals surface area contributed by atoms with Crippen LogP contribution in [0, 0.1) is 22.0 Å². The molecule has 1 aromatic carbocycles. The lowest BCUT2D eigenvalue weighted by molar-refractivity contribution is -0.488. The van der Waals surface area contributed by atoms with Crippen LogP contribution in [0.25, 0.3) is 5.57 Å². The molecule has 1 atom stereocenters. The lowest BCUT2D eigenvalue weighted by atomic mass is 9.86. The van der Waals surface area contributed by atoms with Gasteiger partial charge in [0.1, 0.15) is 0 Å². The first-order valence-corrected chi connectivity index (χ1v) is 10.1. The molecule has 0 fully saturated rings. The summed E-state index contributed by atoms with van der Waals surface area (Å²) >= 11 is 6.16. The number of halogens is 1. The van der Waals surface area contributed by atoms with E-state index in [4.69, 9.17) is 16.3 Å². The number of allylic oxidation sites excluding steroid dienone is 1. The smallest absolute Gasteiger partial charge is 0.421 e. The van der Waals surface area contributed by atoms with Crippen molar-refractivity contribution in [3.05, 3.63) is 44.5 Å². The summed E-state index contributed by atoms with van der Waals surface area (Å²) in [6.45, 7) is 5.88. The molecular weight excluding hydrogens is 396 g/mol. The van der Waals surface area contributed by atoms with E-state index in [2.05, 4.69) is 0 Å². The summed E-state index contributed by atoms with van der Waals surface area (Å²) in [5.74, 6) is -0.371. The van der Waals surface area contributed by atoms with E-state index in [9.17, 15) is 19.7 Å². The number of carbonyl (C=O) groups excluding carboxylic acids is 2. The lowest BCUT2D eigenvalue weighted by Crippen LogP contribution is -2.33. The van der Waals surface area contributed by atoms with Gasteiger partial charge in [-0.2, -0.15) is 0 Å². The molecule has 0 saturated heterocycles. The summed E-state index contributed by atoms with van der Waals surface area (Å²) in [5, 5.41) is 11.6. The zero-order valence-electron chi connectivity index (χ0n) is 17.2. The normalized spacial score (nSPS) is 16.1. The molecule has 2 amide bonds. The number of ether oxygens (including phenoxy) is 1. The first kappa shape index (κ1) is 22.9. The maximum atomic E-state index is 13.2. The predicted molar refractivity (Wildman–Crippen MR) is 113 cm³/mol. The standard InChI is InChI=1S/C21H27ClN2O5/c1-5-6-15(10-14(9-13(2)3)12-23(27)28)19-17-11-16(22)7-8-18(17)24(20(19)25)21(26)29-4/h7-8,11,13-14H,5-6,9-10,12H2,1-4H3/b19-15-/t14-/m0/s1. The molecule has 29 heavy (non-hydrogen) atoms. The highest BCUT2D eigenvalue weighted by atomic mass is 35.5. The van der Waals surface area contributed by atoms with Gasteiger partial charge in [-0.1, -0.05) is 44.4 Å². The molecule has 0 spiro atoms. The number of hydrogen-bond acceptors (Lipinski definition) is 5. The number of imide groups is 1. The van der Waals surface area contributed by atoms with E-state index in [0.717, 1.165) is 16.9 Å². The van der Waals surface area contributed by atoms with E-state index in [-0.39, 0.29) is 17.4 Å². The fraction of sp³-hybridized carbons (Fsp3) is 0.524. The third-order valence-electron chi connectivity index (χ3n) is 4.90. The Balaban J connectivity index is 2.58. The van der Waals surface area contributed by atoms with Crippen molar-refractivity contribution in [2.45, 2.75) is 46.5 Å². The number of anilines is 1. The van der Waals surface area contributed by atoms with E-state index in [1.54, 1.807) is 18.2 Å². The first-order valence-electron chi connectivity index (χ1n) is 9.75. The van der Waals surface area contributed by atoms with E-state index in [0.29, 0.717) is 47.0 Å². The molecule has 0 bridgehead atoms. The number of fused-ring (bicyclic) bond motifs is 1. The summed E-state index contributed by atoms with van der Waals surface area (Å²) < 4.78 is 4.79. The molecule has 8 heteroatoms. The molecule has 0 N–H and O–H groups in total. The second kappa shape index (κ2) is 9.87. The maximum absolute atomic E-state index is 13.2. The van der Waals surface area contributed by atoms with Crippen molar-refractivity contribution >= 4 is 34.9 Å². The monoisotopic (exact) mass is 422 g/mol. The fourth-order valence-corrected chi connectivity index (χ4v) is 4.11. The molecule has 0 aromatic heterocycles. The summed E-state index contributed by atoms with van der Waals surface area (Å²) in [6, 6.07) is 4.89. The molecule has 0 aliphatic carbocycles. The van der Waals surface area contributed by atoms with Crippen LogP contribution in [-0.2, 0) is 9.53 Å². The number of methoxy groups -OCH3 is 1. The average molecular weight is 423 g/mol. The van der Waals surface area contributed by atoms with E-state index >= 15 is 0 Å². The molecule has 1 heterocycles. The number of hydrogen-bond donors (Lipinski definition) is 0. The Bertz CT molecular complexity index is 834. The van der Waals surface area contributed by atoms with Gasteiger partial charge in [0.25, 0.3) is 5.91 Å². The predicted octanol–water partition coefficient (Wildman–Crippen LogP) is 5.34. The van der Waals surface area contributed by atoms with E-state index in [1.807, 2.05) is 20.8 Å². The highest BCUT2D eigenvalue weighted by Crippen LogP contribution is 2.42. The zero-order chi connectivity index (χ0) is 21.7. The van der Waals surface area contributed by atoms with Crippen LogP contribution in [0.4, 0.5) is 10.5 Å². The Morgan fingerprint density at radius 3 is 2.59 bits per heavy atom. The quantitative estimate of drug-likeness (QED) is 0.320. The molecule has 1 aliphatic rings. The SMILES string of the molecule is CCC/C(C[C@H](CC(C)C)C[N+](=O)[O-])=C1/C(=O)N(C(=O)OC)c2ccc(Cl)cc21. The van der Waals surface area contributed by atoms with Gasteiger partial charge in [-0.05, 0) is 43.4 Å². The molecule has 0 unspecified atom stereocenters. The molecule has 2 rings (SSSR count). The number of benzene rings is 1. The van der Waals surface area contributed by atoms with Crippen molar-refractivity contribution in [1.82, 2.24) is 0 Å². The number of rotatable bonds is 8. The van der Waals surface area contributed by atoms with Gasteiger partial charge in [0.2, 0.25) is 6.54 Å². The summed E-state index contributed by atoms with van der Waals surface area (Å²) in [4.78, 5) is 37.3. The minimum absolute atomic E-state index is 0.157. The highest BCUT2D eigenvalue weighted by Gasteiger charge is 2.39. The van der Waals surface area contributed by atoms with Crippen molar-refractivity contribution in [3.8, 4) is 0 Å². The molecule has 1 aromatic rings. The second-order valence-electron chi connectivity index (χ2n) is 7.72. The van der Waals surface area contributed by atoms with Gasteiger partial charge in [-0.15, -0.1) is 0 Å². The van der Waals surface area contributed by atoms with Crippen LogP contribution in [0.15, 0.2) is 23.8 Å². The topological polar surface area (TPSA) is 89.8 Å². The van der Waals surface area contributed by atoms with Crippen LogP contribution >= 0.6 is 11.6 Å². The van der Waals surface area contributed by atoms with Crippen LogP contribution in [0.2, 0.25) is 5.02 Å². The molecule has 1 aliphatic heterocycles. The Labute approximate surface area is 175 Å². The molecule has 0 saturated carbocycles. The van der Waals surface area contributed by atoms with E-state index in [1.165, 1.54) is 7.11 Å². The van der Waals surface area contributed by atoms with Gasteiger partial charge in [0.05, 0.1) is 12.8 Å². The van der Waals surface area contributed by atoms with Crippen LogP contribution in [0.1, 0.15) is 52.0 Å². The van der Waals surface area contributed by atoms with Crippen LogP contribution in [0.5, 0.6) is 0 Å². The van der Waals surface area contributed by atoms with E-state index < -0.39 is 12.0 Å². The third-order valence-corrected chi connectivity index (χ3v) is 5.13. The minimum Gasteiger partial charge on any atom is -0.452 e. The molecule has 7 nitrogen and oxygen atoms in total. The van der Waals surface area contributed by atoms with Crippen LogP contribution in [0.3, 0.4) is 0 Å². The summed E-state index contributed by atoms with van der Waals surface area (Å²) in [7, 11) is 1.22. The Kier molecular flexibility index (Phi) is 7.79. The number of carbonyl (C=O) groups is 2. The Hall–Kier alpha value is -2.41. The zero-order valence-corrected chi connectivity index (χ0v) is 18.0. The van der Waals surface area contributed by atoms with Crippen LogP contribution in [-0.4, -0.2) is 30.6 Å². The summed E-state index contributed by atoms with van der Waals surface area (Å²) in [6.07, 6.45) is 1.71. The van der Waals surface area contributed by atoms with Crippen molar-refractivity contribution in [3.63, 3.8) is 0 Å². The fourth-order valence-electron chi connectivity index (χ4n) is 3.93. The molecular formula is C21H27ClN2O5. The lowest BCUT2D eigenvalue weighted by Gasteiger charge is -2.19. The molecule has 158 valence electrons. The van der Waals surface area contributed by atoms with Crippen molar-refractivity contribution in [1.29, 1.82) is 0 Å².